The van der Waals surface area contributed by atoms with E-state index in [0.717, 1.165) is 18.5 Å². The highest BCUT2D eigenvalue weighted by Gasteiger charge is 2.47. The third-order valence-electron chi connectivity index (χ3n) is 6.06. The van der Waals surface area contributed by atoms with E-state index in [9.17, 15) is 5.11 Å². The summed E-state index contributed by atoms with van der Waals surface area (Å²) in [5, 5.41) is 13.9. The van der Waals surface area contributed by atoms with Gasteiger partial charge in [-0.3, -0.25) is 4.90 Å². The molecule has 0 radical (unpaired) electrons. The monoisotopic (exact) mass is 294 g/mol. The molecular formula is C18H34N2O. The SMILES string of the molecule is CC(C)NC(CO)(CN1CCCC2CCCCC21)C1CC1. The Balaban J connectivity index is 1.71. The molecule has 0 aromatic heterocycles. The number of fused-ring (bicyclic) bond motifs is 1. The van der Waals surface area contributed by atoms with Crippen LogP contribution in [0.5, 0.6) is 0 Å². The van der Waals surface area contributed by atoms with Crippen molar-refractivity contribution in [1.29, 1.82) is 0 Å². The molecule has 3 aliphatic rings. The standard InChI is InChI=1S/C18H34N2O/c1-14(2)19-18(13-21,16-9-10-16)12-20-11-5-7-15-6-3-4-8-17(15)20/h14-17,19,21H,3-13H2,1-2H3. The smallest absolute Gasteiger partial charge is 0.0628 e. The van der Waals surface area contributed by atoms with E-state index in [2.05, 4.69) is 24.1 Å². The Bertz CT molecular complexity index is 340. The van der Waals surface area contributed by atoms with Crippen molar-refractivity contribution in [3.63, 3.8) is 0 Å². The van der Waals surface area contributed by atoms with Gasteiger partial charge in [-0.25, -0.2) is 0 Å². The number of hydrogen-bond donors (Lipinski definition) is 2. The molecule has 3 rings (SSSR count). The molecule has 21 heavy (non-hydrogen) atoms. The van der Waals surface area contributed by atoms with Crippen LogP contribution in [0, 0.1) is 11.8 Å². The molecule has 122 valence electrons. The zero-order valence-corrected chi connectivity index (χ0v) is 14.0. The van der Waals surface area contributed by atoms with Crippen LogP contribution in [-0.2, 0) is 0 Å². The van der Waals surface area contributed by atoms with Gasteiger partial charge in [0.15, 0.2) is 0 Å². The van der Waals surface area contributed by atoms with E-state index in [1.54, 1.807) is 0 Å². The molecule has 2 saturated carbocycles. The molecule has 1 heterocycles. The lowest BCUT2D eigenvalue weighted by Gasteiger charge is -2.48. The van der Waals surface area contributed by atoms with Gasteiger partial charge in [0.2, 0.25) is 0 Å². The van der Waals surface area contributed by atoms with E-state index >= 15 is 0 Å². The summed E-state index contributed by atoms with van der Waals surface area (Å²) in [7, 11) is 0. The first-order valence-corrected chi connectivity index (χ1v) is 9.27. The number of aliphatic hydroxyl groups excluding tert-OH is 1. The van der Waals surface area contributed by atoms with Crippen molar-refractivity contribution in [2.45, 2.75) is 82.8 Å². The van der Waals surface area contributed by atoms with Crippen LogP contribution in [0.2, 0.25) is 0 Å². The number of rotatable bonds is 6. The quantitative estimate of drug-likeness (QED) is 0.791. The molecular weight excluding hydrogens is 260 g/mol. The molecule has 1 aliphatic heterocycles. The molecule has 0 bridgehead atoms. The Morgan fingerprint density at radius 3 is 2.48 bits per heavy atom. The fourth-order valence-corrected chi connectivity index (χ4v) is 5.01. The van der Waals surface area contributed by atoms with Crippen molar-refractivity contribution in [2.24, 2.45) is 11.8 Å². The molecule has 3 atom stereocenters. The van der Waals surface area contributed by atoms with Crippen molar-refractivity contribution in [2.75, 3.05) is 19.7 Å². The Morgan fingerprint density at radius 2 is 1.81 bits per heavy atom. The first-order valence-electron chi connectivity index (χ1n) is 9.27. The number of hydrogen-bond acceptors (Lipinski definition) is 3. The number of nitrogens with zero attached hydrogens (tertiary/aromatic N) is 1. The van der Waals surface area contributed by atoms with Crippen LogP contribution >= 0.6 is 0 Å². The van der Waals surface area contributed by atoms with Crippen molar-refractivity contribution in [1.82, 2.24) is 10.2 Å². The minimum absolute atomic E-state index is 0.0481. The van der Waals surface area contributed by atoms with E-state index in [1.165, 1.54) is 57.9 Å². The molecule has 0 aromatic rings. The topological polar surface area (TPSA) is 35.5 Å². The minimum atomic E-state index is -0.0481. The lowest BCUT2D eigenvalue weighted by molar-refractivity contribution is 0.0108. The largest absolute Gasteiger partial charge is 0.394 e. The molecule has 3 heteroatoms. The van der Waals surface area contributed by atoms with Crippen LogP contribution in [0.4, 0.5) is 0 Å². The first kappa shape index (κ1) is 15.8. The number of aliphatic hydroxyl groups is 1. The zero-order valence-electron chi connectivity index (χ0n) is 14.0. The van der Waals surface area contributed by atoms with E-state index in [1.807, 2.05) is 0 Å². The van der Waals surface area contributed by atoms with Gasteiger partial charge in [-0.1, -0.05) is 26.7 Å². The summed E-state index contributed by atoms with van der Waals surface area (Å²) in [6.07, 6.45) is 11.1. The van der Waals surface area contributed by atoms with Crippen molar-refractivity contribution in [3.05, 3.63) is 0 Å². The van der Waals surface area contributed by atoms with Gasteiger partial charge in [0.1, 0.15) is 0 Å². The third-order valence-corrected chi connectivity index (χ3v) is 6.06. The summed E-state index contributed by atoms with van der Waals surface area (Å²) < 4.78 is 0. The van der Waals surface area contributed by atoms with Crippen LogP contribution in [0.3, 0.4) is 0 Å². The predicted molar refractivity (Wildman–Crippen MR) is 87.4 cm³/mol. The lowest BCUT2D eigenvalue weighted by Crippen LogP contribution is -2.62. The van der Waals surface area contributed by atoms with Gasteiger partial charge in [0, 0.05) is 18.6 Å². The Kier molecular flexibility index (Phi) is 4.92. The Hall–Kier alpha value is -0.120. The fourth-order valence-electron chi connectivity index (χ4n) is 5.01. The Labute approximate surface area is 130 Å². The normalized spacial score (nSPS) is 33.7. The van der Waals surface area contributed by atoms with E-state index < -0.39 is 0 Å². The first-order chi connectivity index (χ1) is 10.1. The number of piperidine rings is 1. The molecule has 0 amide bonds. The fraction of sp³-hybridized carbons (Fsp3) is 1.00. The average Bonchev–Trinajstić information content (AvgIpc) is 3.31. The van der Waals surface area contributed by atoms with E-state index in [0.29, 0.717) is 18.6 Å². The van der Waals surface area contributed by atoms with Crippen molar-refractivity contribution < 1.29 is 5.11 Å². The molecule has 2 aliphatic carbocycles. The van der Waals surface area contributed by atoms with Crippen LogP contribution in [0.25, 0.3) is 0 Å². The molecule has 3 unspecified atom stereocenters. The van der Waals surface area contributed by atoms with Crippen molar-refractivity contribution >= 4 is 0 Å². The van der Waals surface area contributed by atoms with Crippen LogP contribution in [0.15, 0.2) is 0 Å². The van der Waals surface area contributed by atoms with Gasteiger partial charge in [-0.15, -0.1) is 0 Å². The van der Waals surface area contributed by atoms with E-state index in [-0.39, 0.29) is 5.54 Å². The van der Waals surface area contributed by atoms with Gasteiger partial charge in [-0.05, 0) is 56.9 Å². The summed E-state index contributed by atoms with van der Waals surface area (Å²) in [6.45, 7) is 7.03. The summed E-state index contributed by atoms with van der Waals surface area (Å²) >= 11 is 0. The molecule has 0 spiro atoms. The van der Waals surface area contributed by atoms with Gasteiger partial charge in [0.25, 0.3) is 0 Å². The Morgan fingerprint density at radius 1 is 1.10 bits per heavy atom. The summed E-state index contributed by atoms with van der Waals surface area (Å²) in [5.74, 6) is 1.62. The third kappa shape index (κ3) is 3.46. The van der Waals surface area contributed by atoms with Gasteiger partial charge in [-0.2, -0.15) is 0 Å². The summed E-state index contributed by atoms with van der Waals surface area (Å²) in [4.78, 5) is 2.75. The number of likely N-dealkylation sites (tertiary alicyclic amines) is 1. The second-order valence-electron chi connectivity index (χ2n) is 8.11. The van der Waals surface area contributed by atoms with Gasteiger partial charge in [0.05, 0.1) is 12.1 Å². The highest BCUT2D eigenvalue weighted by molar-refractivity contribution is 5.05. The van der Waals surface area contributed by atoms with Crippen LogP contribution in [0.1, 0.15) is 65.2 Å². The average molecular weight is 294 g/mol. The zero-order chi connectivity index (χ0) is 14.9. The van der Waals surface area contributed by atoms with Gasteiger partial charge < -0.3 is 10.4 Å². The van der Waals surface area contributed by atoms with Gasteiger partial charge >= 0.3 is 0 Å². The maximum Gasteiger partial charge on any atom is 0.0628 e. The second kappa shape index (κ2) is 6.55. The molecule has 0 aromatic carbocycles. The molecule has 2 N–H and O–H groups in total. The molecule has 1 saturated heterocycles. The van der Waals surface area contributed by atoms with Crippen LogP contribution in [-0.4, -0.2) is 47.3 Å². The molecule has 3 nitrogen and oxygen atoms in total. The number of nitrogens with one attached hydrogen (secondary N) is 1. The summed E-state index contributed by atoms with van der Waals surface area (Å²) in [5.41, 5.74) is -0.0481. The highest BCUT2D eigenvalue weighted by atomic mass is 16.3. The maximum atomic E-state index is 10.2. The summed E-state index contributed by atoms with van der Waals surface area (Å²) in [6, 6.07) is 1.25. The van der Waals surface area contributed by atoms with Crippen LogP contribution < -0.4 is 5.32 Å². The highest BCUT2D eigenvalue weighted by Crippen LogP contribution is 2.42. The molecule has 3 fully saturated rings. The van der Waals surface area contributed by atoms with E-state index in [4.69, 9.17) is 0 Å². The predicted octanol–water partition coefficient (Wildman–Crippen LogP) is 2.78. The minimum Gasteiger partial charge on any atom is -0.394 e. The second-order valence-corrected chi connectivity index (χ2v) is 8.11. The maximum absolute atomic E-state index is 10.2. The lowest BCUT2D eigenvalue weighted by atomic mass is 9.77. The van der Waals surface area contributed by atoms with Crippen molar-refractivity contribution in [3.8, 4) is 0 Å².